The number of aromatic nitrogens is 4. The Kier molecular flexibility index (Phi) is 7.12. The number of hydrogen-bond acceptors (Lipinski definition) is 6. The van der Waals surface area contributed by atoms with Gasteiger partial charge in [-0.05, 0) is 40.1 Å². The Morgan fingerprint density at radius 1 is 1.17 bits per heavy atom. The number of rotatable bonds is 5. The first kappa shape index (κ1) is 25.1. The molecule has 0 bridgehead atoms. The fourth-order valence-electron chi connectivity index (χ4n) is 3.98. The van der Waals surface area contributed by atoms with Gasteiger partial charge in [-0.3, -0.25) is 14.5 Å². The largest absolute Gasteiger partial charge is 0.355 e. The summed E-state index contributed by atoms with van der Waals surface area (Å²) in [5.41, 5.74) is 1.81. The molecular formula is C24H26Cl2N6O3. The molecule has 1 aromatic heterocycles. The Balaban J connectivity index is 1.80. The number of benzene rings is 2. The fourth-order valence-corrected chi connectivity index (χ4v) is 4.40. The van der Waals surface area contributed by atoms with E-state index in [1.807, 2.05) is 45.0 Å². The van der Waals surface area contributed by atoms with Crippen LogP contribution in [0.3, 0.4) is 0 Å². The third-order valence-corrected chi connectivity index (χ3v) is 6.19. The van der Waals surface area contributed by atoms with Crippen LogP contribution in [0, 0.1) is 5.41 Å². The molecule has 1 aliphatic rings. The monoisotopic (exact) mass is 516 g/mol. The first-order valence-electron chi connectivity index (χ1n) is 11.1. The Bertz CT molecular complexity index is 1230. The lowest BCUT2D eigenvalue weighted by Crippen LogP contribution is -2.45. The van der Waals surface area contributed by atoms with Crippen LogP contribution in [-0.4, -0.2) is 52.1 Å². The van der Waals surface area contributed by atoms with E-state index in [4.69, 9.17) is 27.9 Å². The van der Waals surface area contributed by atoms with Crippen LogP contribution in [0.4, 0.5) is 11.6 Å². The van der Waals surface area contributed by atoms with Crippen LogP contribution in [-0.2, 0) is 14.3 Å². The second kappa shape index (κ2) is 9.93. The molecule has 184 valence electrons. The van der Waals surface area contributed by atoms with E-state index in [1.54, 1.807) is 23.1 Å². The zero-order chi connectivity index (χ0) is 25.3. The van der Waals surface area contributed by atoms with Gasteiger partial charge >= 0.3 is 0 Å². The molecule has 4 rings (SSSR count). The van der Waals surface area contributed by atoms with Crippen LogP contribution in [0.1, 0.15) is 44.4 Å². The minimum absolute atomic E-state index is 0.167. The van der Waals surface area contributed by atoms with Crippen molar-refractivity contribution in [3.8, 4) is 0 Å². The maximum atomic E-state index is 13.9. The number of carbonyl (C=O) groups is 2. The Hall–Kier alpha value is -3.01. The van der Waals surface area contributed by atoms with Crippen LogP contribution < -0.4 is 9.80 Å². The maximum Gasteiger partial charge on any atom is 0.256 e. The summed E-state index contributed by atoms with van der Waals surface area (Å²) in [6, 6.07) is 12.6. The maximum absolute atomic E-state index is 13.9. The quantitative estimate of drug-likeness (QED) is 0.537. The molecule has 9 nitrogen and oxygen atoms in total. The van der Waals surface area contributed by atoms with Gasteiger partial charge in [0.25, 0.3) is 5.91 Å². The standard InChI is InChI=1S/C24H26Cl2N6O3/c1-24(2,3)13-32-18-10-9-14(25)11-16(18)21(15-7-5-6-8-17(15)26)35-19(22(32)34)12-20(33)31(4)23-27-29-30-28-23/h5-11,19,21H,12-13H2,1-4H3,(H,27,28,29,30)/t19-,21-/m0/s1. The first-order valence-corrected chi connectivity index (χ1v) is 11.8. The van der Waals surface area contributed by atoms with E-state index in [1.165, 1.54) is 11.9 Å². The molecule has 0 fully saturated rings. The van der Waals surface area contributed by atoms with Crippen molar-refractivity contribution < 1.29 is 14.3 Å². The second-order valence-electron chi connectivity index (χ2n) is 9.60. The zero-order valence-corrected chi connectivity index (χ0v) is 21.3. The lowest BCUT2D eigenvalue weighted by atomic mass is 9.94. The average molecular weight is 517 g/mol. The third kappa shape index (κ3) is 5.47. The van der Waals surface area contributed by atoms with E-state index in [-0.39, 0.29) is 29.6 Å². The molecule has 2 aromatic carbocycles. The predicted molar refractivity (Wildman–Crippen MR) is 134 cm³/mol. The number of anilines is 2. The number of nitrogens with zero attached hydrogens (tertiary/aromatic N) is 5. The summed E-state index contributed by atoms with van der Waals surface area (Å²) in [4.78, 5) is 29.9. The highest BCUT2D eigenvalue weighted by Gasteiger charge is 2.40. The minimum atomic E-state index is -1.09. The summed E-state index contributed by atoms with van der Waals surface area (Å²) in [5, 5.41) is 14.3. The lowest BCUT2D eigenvalue weighted by Gasteiger charge is -2.31. The van der Waals surface area contributed by atoms with Crippen molar-refractivity contribution in [1.29, 1.82) is 0 Å². The van der Waals surface area contributed by atoms with Crippen LogP contribution in [0.5, 0.6) is 0 Å². The highest BCUT2D eigenvalue weighted by molar-refractivity contribution is 6.31. The lowest BCUT2D eigenvalue weighted by molar-refractivity contribution is -0.137. The van der Waals surface area contributed by atoms with Crippen molar-refractivity contribution in [2.75, 3.05) is 23.4 Å². The molecule has 0 radical (unpaired) electrons. The molecule has 0 spiro atoms. The summed E-state index contributed by atoms with van der Waals surface area (Å²) in [6.07, 6.45) is -2.03. The Morgan fingerprint density at radius 3 is 2.57 bits per heavy atom. The fraction of sp³-hybridized carbons (Fsp3) is 0.375. The van der Waals surface area contributed by atoms with E-state index >= 15 is 0 Å². The number of aromatic amines is 1. The third-order valence-electron chi connectivity index (χ3n) is 5.61. The van der Waals surface area contributed by atoms with Gasteiger partial charge in [0.15, 0.2) is 0 Å². The predicted octanol–water partition coefficient (Wildman–Crippen LogP) is 4.43. The van der Waals surface area contributed by atoms with Gasteiger partial charge in [-0.25, -0.2) is 5.10 Å². The molecule has 35 heavy (non-hydrogen) atoms. The molecule has 2 atom stereocenters. The van der Waals surface area contributed by atoms with Crippen LogP contribution >= 0.6 is 23.2 Å². The number of ether oxygens (including phenoxy) is 1. The second-order valence-corrected chi connectivity index (χ2v) is 10.4. The number of hydrogen-bond donors (Lipinski definition) is 1. The Morgan fingerprint density at radius 2 is 1.91 bits per heavy atom. The Labute approximate surface area is 213 Å². The minimum Gasteiger partial charge on any atom is -0.355 e. The molecule has 0 saturated heterocycles. The number of tetrazole rings is 1. The normalized spacial score (nSPS) is 18.2. The first-order chi connectivity index (χ1) is 16.5. The van der Waals surface area contributed by atoms with E-state index in [0.717, 1.165) is 0 Å². The van der Waals surface area contributed by atoms with E-state index in [2.05, 4.69) is 20.6 Å². The molecule has 3 aromatic rings. The summed E-state index contributed by atoms with van der Waals surface area (Å²) in [7, 11) is 1.53. The molecule has 1 aliphatic heterocycles. The van der Waals surface area contributed by atoms with Crippen molar-refractivity contribution >= 4 is 46.7 Å². The number of H-pyrrole nitrogens is 1. The van der Waals surface area contributed by atoms with Gasteiger partial charge in [0.2, 0.25) is 11.9 Å². The average Bonchev–Trinajstić information content (AvgIpc) is 3.31. The number of amides is 2. The van der Waals surface area contributed by atoms with E-state index < -0.39 is 12.2 Å². The molecule has 0 saturated carbocycles. The topological polar surface area (TPSA) is 104 Å². The summed E-state index contributed by atoms with van der Waals surface area (Å²) < 4.78 is 6.41. The number of nitrogens with one attached hydrogen (secondary N) is 1. The molecular weight excluding hydrogens is 491 g/mol. The van der Waals surface area contributed by atoms with Gasteiger partial charge in [0.05, 0.1) is 6.42 Å². The van der Waals surface area contributed by atoms with E-state index in [0.29, 0.717) is 33.4 Å². The molecule has 11 heteroatoms. The number of halogens is 2. The zero-order valence-electron chi connectivity index (χ0n) is 19.8. The molecule has 0 aliphatic carbocycles. The van der Waals surface area contributed by atoms with Crippen molar-refractivity contribution in [1.82, 2.24) is 20.6 Å². The van der Waals surface area contributed by atoms with Crippen molar-refractivity contribution in [2.45, 2.75) is 39.4 Å². The van der Waals surface area contributed by atoms with Gasteiger partial charge < -0.3 is 9.64 Å². The SMILES string of the molecule is CN(C(=O)C[C@@H]1O[C@@H](c2ccccc2Cl)c2cc(Cl)ccc2N(CC(C)(C)C)C1=O)c1nnn[nH]1. The van der Waals surface area contributed by atoms with Crippen molar-refractivity contribution in [3.63, 3.8) is 0 Å². The summed E-state index contributed by atoms with van der Waals surface area (Å²) >= 11 is 12.9. The smallest absolute Gasteiger partial charge is 0.256 e. The van der Waals surface area contributed by atoms with Crippen LogP contribution in [0.25, 0.3) is 0 Å². The van der Waals surface area contributed by atoms with Gasteiger partial charge in [0.1, 0.15) is 12.2 Å². The van der Waals surface area contributed by atoms with Gasteiger partial charge in [-0.1, -0.05) is 67.3 Å². The molecule has 1 N–H and O–H groups in total. The number of fused-ring (bicyclic) bond motifs is 1. The summed E-state index contributed by atoms with van der Waals surface area (Å²) in [6.45, 7) is 6.53. The molecule has 0 unspecified atom stereocenters. The highest BCUT2D eigenvalue weighted by atomic mass is 35.5. The van der Waals surface area contributed by atoms with E-state index in [9.17, 15) is 9.59 Å². The summed E-state index contributed by atoms with van der Waals surface area (Å²) in [5.74, 6) is -0.546. The van der Waals surface area contributed by atoms with Gasteiger partial charge in [-0.15, -0.1) is 0 Å². The van der Waals surface area contributed by atoms with Gasteiger partial charge in [-0.2, -0.15) is 0 Å². The van der Waals surface area contributed by atoms with Crippen LogP contribution in [0.15, 0.2) is 42.5 Å². The highest BCUT2D eigenvalue weighted by Crippen LogP contribution is 2.42. The van der Waals surface area contributed by atoms with Crippen molar-refractivity contribution in [3.05, 3.63) is 63.6 Å². The van der Waals surface area contributed by atoms with Gasteiger partial charge in [0, 0.05) is 40.5 Å². The molecule has 2 heterocycles. The van der Waals surface area contributed by atoms with Crippen molar-refractivity contribution in [2.24, 2.45) is 5.41 Å². The number of carbonyl (C=O) groups excluding carboxylic acids is 2. The molecule has 2 amide bonds. The van der Waals surface area contributed by atoms with Crippen LogP contribution in [0.2, 0.25) is 10.0 Å².